The number of hydrogen-bond acceptors (Lipinski definition) is 2. The third kappa shape index (κ3) is 2.27. The fourth-order valence-corrected chi connectivity index (χ4v) is 6.92. The minimum Gasteiger partial charge on any atom is -0.274 e. The summed E-state index contributed by atoms with van der Waals surface area (Å²) >= 11 is 0. The van der Waals surface area contributed by atoms with Crippen LogP contribution in [0.5, 0.6) is 0 Å². The van der Waals surface area contributed by atoms with Crippen LogP contribution in [-0.2, 0) is 15.0 Å². The molecule has 4 aromatic rings. The molecule has 1 heterocycles. The van der Waals surface area contributed by atoms with Crippen molar-refractivity contribution in [2.75, 3.05) is 4.90 Å². The molecule has 0 unspecified atom stereocenters. The van der Waals surface area contributed by atoms with Gasteiger partial charge in [0.25, 0.3) is 0 Å². The molecule has 0 spiro atoms. The summed E-state index contributed by atoms with van der Waals surface area (Å²) in [7, 11) is 0. The predicted octanol–water partition coefficient (Wildman–Crippen LogP) is 5.92. The summed E-state index contributed by atoms with van der Waals surface area (Å²) in [5.74, 6) is -1.09. The molecule has 3 aliphatic carbocycles. The van der Waals surface area contributed by atoms with E-state index in [9.17, 15) is 9.59 Å². The first kappa shape index (κ1) is 19.5. The van der Waals surface area contributed by atoms with Crippen LogP contribution in [0.1, 0.15) is 35.1 Å². The van der Waals surface area contributed by atoms with Crippen molar-refractivity contribution in [2.24, 2.45) is 11.8 Å². The molecule has 1 fully saturated rings. The Morgan fingerprint density at radius 2 is 1.21 bits per heavy atom. The van der Waals surface area contributed by atoms with Gasteiger partial charge in [0.05, 0.1) is 17.5 Å². The van der Waals surface area contributed by atoms with Gasteiger partial charge in [0, 0.05) is 16.9 Å². The molecule has 4 aliphatic rings. The van der Waals surface area contributed by atoms with E-state index in [1.54, 1.807) is 0 Å². The highest BCUT2D eigenvalue weighted by Crippen LogP contribution is 2.64. The van der Waals surface area contributed by atoms with Gasteiger partial charge in [-0.25, -0.2) is 4.90 Å². The molecule has 4 aromatic carbocycles. The van der Waals surface area contributed by atoms with E-state index in [0.29, 0.717) is 5.69 Å². The third-order valence-electron chi connectivity index (χ3n) is 8.27. The second-order valence-corrected chi connectivity index (χ2v) is 9.75. The van der Waals surface area contributed by atoms with Crippen LogP contribution in [0.2, 0.25) is 0 Å². The molecule has 1 aliphatic heterocycles. The maximum absolute atomic E-state index is 14.3. The number of carbonyl (C=O) groups excluding carboxylic acids is 2. The molecule has 0 N–H and O–H groups in total. The quantitative estimate of drug-likeness (QED) is 0.362. The number of rotatable bonds is 2. The number of para-hydroxylation sites is 1. The van der Waals surface area contributed by atoms with Gasteiger partial charge in [-0.1, -0.05) is 104 Å². The fraction of sp³-hybridized carbons (Fsp3) is 0.161. The number of imide groups is 1. The van der Waals surface area contributed by atoms with Crippen LogP contribution < -0.4 is 4.90 Å². The Kier molecular flexibility index (Phi) is 3.88. The molecule has 1 saturated heterocycles. The van der Waals surface area contributed by atoms with Crippen molar-refractivity contribution < 1.29 is 9.59 Å². The number of nitrogens with zero attached hydrogens (tertiary/aromatic N) is 1. The monoisotopic (exact) mass is 441 g/mol. The lowest BCUT2D eigenvalue weighted by atomic mass is 9.48. The van der Waals surface area contributed by atoms with Gasteiger partial charge >= 0.3 is 0 Å². The molecule has 2 amide bonds. The van der Waals surface area contributed by atoms with Crippen molar-refractivity contribution in [3.05, 3.63) is 125 Å². The zero-order valence-corrected chi connectivity index (χ0v) is 18.8. The average Bonchev–Trinajstić information content (AvgIpc) is 3.16. The maximum atomic E-state index is 14.3. The van der Waals surface area contributed by atoms with Crippen LogP contribution >= 0.6 is 0 Å². The molecular formula is C31H23NO2. The summed E-state index contributed by atoms with van der Waals surface area (Å²) in [6.45, 7) is 2.16. The van der Waals surface area contributed by atoms with E-state index in [0.717, 1.165) is 11.1 Å². The Balaban J connectivity index is 1.46. The van der Waals surface area contributed by atoms with Crippen molar-refractivity contribution >= 4 is 17.5 Å². The normalized spacial score (nSPS) is 26.3. The first-order valence-corrected chi connectivity index (χ1v) is 11.8. The summed E-state index contributed by atoms with van der Waals surface area (Å²) in [5, 5.41) is 0. The van der Waals surface area contributed by atoms with Crippen molar-refractivity contribution in [2.45, 2.75) is 18.3 Å². The summed E-state index contributed by atoms with van der Waals surface area (Å²) in [6, 6.07) is 34.5. The van der Waals surface area contributed by atoms with E-state index in [1.807, 2.05) is 78.9 Å². The predicted molar refractivity (Wildman–Crippen MR) is 133 cm³/mol. The van der Waals surface area contributed by atoms with Gasteiger partial charge in [-0.2, -0.15) is 0 Å². The molecule has 164 valence electrons. The van der Waals surface area contributed by atoms with Crippen molar-refractivity contribution in [1.82, 2.24) is 0 Å². The summed E-state index contributed by atoms with van der Waals surface area (Å²) < 4.78 is 0. The molecule has 3 heteroatoms. The smallest absolute Gasteiger partial charge is 0.238 e. The maximum Gasteiger partial charge on any atom is 0.238 e. The van der Waals surface area contributed by atoms with E-state index in [4.69, 9.17) is 0 Å². The molecule has 2 bridgehead atoms. The van der Waals surface area contributed by atoms with Gasteiger partial charge < -0.3 is 0 Å². The standard InChI is InChI=1S/C31H23NO2/c1-31-23-16-8-5-14-21(23)26(22-15-6-9-17-24(22)31)27-28(31)30(34)32(29(27)33)25-18-10-7-13-20(25)19-11-3-2-4-12-19/h2-18,26-28H,1H3/t26?,27-,28+,31?/m1/s1. The van der Waals surface area contributed by atoms with Gasteiger partial charge in [-0.3, -0.25) is 9.59 Å². The zero-order chi connectivity index (χ0) is 23.0. The first-order valence-electron chi connectivity index (χ1n) is 11.8. The average molecular weight is 442 g/mol. The minimum atomic E-state index is -0.546. The Morgan fingerprint density at radius 3 is 1.88 bits per heavy atom. The van der Waals surface area contributed by atoms with Crippen LogP contribution in [0, 0.1) is 11.8 Å². The lowest BCUT2D eigenvalue weighted by Crippen LogP contribution is -2.51. The molecular weight excluding hydrogens is 418 g/mol. The largest absolute Gasteiger partial charge is 0.274 e. The lowest BCUT2D eigenvalue weighted by molar-refractivity contribution is -0.123. The lowest BCUT2D eigenvalue weighted by Gasteiger charge is -2.52. The van der Waals surface area contributed by atoms with Gasteiger partial charge in [0.2, 0.25) is 11.8 Å². The summed E-state index contributed by atoms with van der Waals surface area (Å²) in [5.41, 5.74) is 6.75. The summed E-state index contributed by atoms with van der Waals surface area (Å²) in [6.07, 6.45) is 0. The van der Waals surface area contributed by atoms with Gasteiger partial charge in [0.1, 0.15) is 0 Å². The molecule has 2 atom stereocenters. The topological polar surface area (TPSA) is 37.4 Å². The number of benzene rings is 4. The van der Waals surface area contributed by atoms with Crippen molar-refractivity contribution in [3.63, 3.8) is 0 Å². The molecule has 8 rings (SSSR count). The van der Waals surface area contributed by atoms with Crippen LogP contribution in [-0.4, -0.2) is 11.8 Å². The summed E-state index contributed by atoms with van der Waals surface area (Å²) in [4.78, 5) is 29.9. The van der Waals surface area contributed by atoms with Gasteiger partial charge in [-0.15, -0.1) is 0 Å². The number of anilines is 1. The van der Waals surface area contributed by atoms with Gasteiger partial charge in [0.15, 0.2) is 0 Å². The van der Waals surface area contributed by atoms with Crippen molar-refractivity contribution in [1.29, 1.82) is 0 Å². The van der Waals surface area contributed by atoms with Crippen LogP contribution in [0.25, 0.3) is 11.1 Å². The second-order valence-electron chi connectivity index (χ2n) is 9.75. The molecule has 3 nitrogen and oxygen atoms in total. The van der Waals surface area contributed by atoms with E-state index < -0.39 is 17.3 Å². The SMILES string of the molecule is CC12c3ccccc3C(c3ccccc31)[C@H]1C(=O)N(c3ccccc3-c3ccccc3)C(=O)[C@H]12. The highest BCUT2D eigenvalue weighted by Gasteiger charge is 2.66. The van der Waals surface area contributed by atoms with E-state index >= 15 is 0 Å². The molecule has 0 radical (unpaired) electrons. The second kappa shape index (κ2) is 6.77. The molecule has 0 saturated carbocycles. The molecule has 0 aromatic heterocycles. The Hall–Kier alpha value is -3.98. The fourth-order valence-electron chi connectivity index (χ4n) is 6.92. The zero-order valence-electron chi connectivity index (χ0n) is 18.8. The number of hydrogen-bond donors (Lipinski definition) is 0. The number of amides is 2. The number of carbonyl (C=O) groups is 2. The van der Waals surface area contributed by atoms with Crippen LogP contribution in [0.4, 0.5) is 5.69 Å². The van der Waals surface area contributed by atoms with Crippen molar-refractivity contribution in [3.8, 4) is 11.1 Å². The Morgan fingerprint density at radius 1 is 0.647 bits per heavy atom. The van der Waals surface area contributed by atoms with E-state index in [2.05, 4.69) is 31.2 Å². The van der Waals surface area contributed by atoms with E-state index in [-0.39, 0.29) is 17.7 Å². The highest BCUT2D eigenvalue weighted by molar-refractivity contribution is 6.25. The Labute approximate surface area is 198 Å². The first-order chi connectivity index (χ1) is 16.6. The third-order valence-corrected chi connectivity index (χ3v) is 8.27. The minimum absolute atomic E-state index is 0.0846. The van der Waals surface area contributed by atoms with Gasteiger partial charge in [-0.05, 0) is 33.9 Å². The van der Waals surface area contributed by atoms with Crippen LogP contribution in [0.15, 0.2) is 103 Å². The van der Waals surface area contributed by atoms with E-state index in [1.165, 1.54) is 27.2 Å². The molecule has 34 heavy (non-hydrogen) atoms. The van der Waals surface area contributed by atoms with Crippen LogP contribution in [0.3, 0.4) is 0 Å². The highest BCUT2D eigenvalue weighted by atomic mass is 16.2. The Bertz CT molecular complexity index is 1440.